The van der Waals surface area contributed by atoms with Gasteiger partial charge < -0.3 is 14.3 Å². The van der Waals surface area contributed by atoms with Crippen LogP contribution in [-0.4, -0.2) is 57.9 Å². The van der Waals surface area contributed by atoms with Gasteiger partial charge in [-0.15, -0.1) is 0 Å². The molecular formula is C23H30N4O3. The van der Waals surface area contributed by atoms with Crippen LogP contribution in [0, 0.1) is 5.92 Å². The molecule has 4 rings (SSSR count). The Morgan fingerprint density at radius 1 is 1.10 bits per heavy atom. The zero-order valence-corrected chi connectivity index (χ0v) is 17.6. The van der Waals surface area contributed by atoms with Crippen molar-refractivity contribution < 1.29 is 14.1 Å². The van der Waals surface area contributed by atoms with E-state index in [1.54, 1.807) is 6.92 Å². The minimum atomic E-state index is 0.131. The van der Waals surface area contributed by atoms with Crippen LogP contribution in [-0.2, 0) is 22.4 Å². The molecule has 1 aromatic carbocycles. The van der Waals surface area contributed by atoms with Gasteiger partial charge in [-0.05, 0) is 31.2 Å². The molecule has 30 heavy (non-hydrogen) atoms. The monoisotopic (exact) mass is 410 g/mol. The number of aryl methyl sites for hydroxylation is 1. The fraction of sp³-hybridized carbons (Fsp3) is 0.565. The molecule has 7 nitrogen and oxygen atoms in total. The smallest absolute Gasteiger partial charge is 0.227 e. The zero-order valence-electron chi connectivity index (χ0n) is 17.6. The van der Waals surface area contributed by atoms with Gasteiger partial charge >= 0.3 is 0 Å². The van der Waals surface area contributed by atoms with Crippen LogP contribution in [0.1, 0.15) is 55.8 Å². The van der Waals surface area contributed by atoms with Crippen molar-refractivity contribution in [3.8, 4) is 0 Å². The third-order valence-electron chi connectivity index (χ3n) is 6.26. The lowest BCUT2D eigenvalue weighted by Gasteiger charge is -2.38. The number of piperidine rings is 1. The molecule has 2 aliphatic heterocycles. The summed E-state index contributed by atoms with van der Waals surface area (Å²) in [4.78, 5) is 32.2. The van der Waals surface area contributed by atoms with E-state index in [1.165, 1.54) is 5.56 Å². The Balaban J connectivity index is 1.16. The summed E-state index contributed by atoms with van der Waals surface area (Å²) in [6, 6.07) is 10.3. The lowest BCUT2D eigenvalue weighted by molar-refractivity contribution is -0.137. The molecule has 160 valence electrons. The number of hydrogen-bond donors (Lipinski definition) is 0. The van der Waals surface area contributed by atoms with Gasteiger partial charge in [0.15, 0.2) is 5.82 Å². The third-order valence-corrected chi connectivity index (χ3v) is 6.26. The van der Waals surface area contributed by atoms with E-state index in [2.05, 4.69) is 22.3 Å². The summed E-state index contributed by atoms with van der Waals surface area (Å²) in [5.41, 5.74) is 1.28. The normalized spacial score (nSPS) is 17.8. The van der Waals surface area contributed by atoms with Crippen LogP contribution < -0.4 is 0 Å². The molecule has 0 spiro atoms. The van der Waals surface area contributed by atoms with Crippen molar-refractivity contribution in [3.05, 3.63) is 47.6 Å². The van der Waals surface area contributed by atoms with E-state index in [-0.39, 0.29) is 17.7 Å². The molecule has 2 amide bonds. The Hall–Kier alpha value is -2.70. The number of likely N-dealkylation sites (tertiary alicyclic amines) is 2. The number of aromatic nitrogens is 2. The van der Waals surface area contributed by atoms with Crippen molar-refractivity contribution in [1.29, 1.82) is 0 Å². The second kappa shape index (κ2) is 9.41. The van der Waals surface area contributed by atoms with Crippen LogP contribution in [0.5, 0.6) is 0 Å². The summed E-state index contributed by atoms with van der Waals surface area (Å²) >= 11 is 0. The zero-order chi connectivity index (χ0) is 20.9. The summed E-state index contributed by atoms with van der Waals surface area (Å²) in [6.45, 7) is 4.68. The molecule has 0 bridgehead atoms. The quantitative estimate of drug-likeness (QED) is 0.701. The Bertz CT molecular complexity index is 852. The molecular weight excluding hydrogens is 380 g/mol. The van der Waals surface area contributed by atoms with Crippen LogP contribution in [0.2, 0.25) is 0 Å². The maximum atomic E-state index is 12.3. The fourth-order valence-electron chi connectivity index (χ4n) is 4.37. The molecule has 0 radical (unpaired) electrons. The van der Waals surface area contributed by atoms with Crippen molar-refractivity contribution in [1.82, 2.24) is 19.9 Å². The Morgan fingerprint density at radius 3 is 2.53 bits per heavy atom. The van der Waals surface area contributed by atoms with E-state index < -0.39 is 0 Å². The van der Waals surface area contributed by atoms with Crippen molar-refractivity contribution in [3.63, 3.8) is 0 Å². The average molecular weight is 411 g/mol. The number of benzene rings is 1. The maximum absolute atomic E-state index is 12.3. The molecule has 2 saturated heterocycles. The second-order valence-electron chi connectivity index (χ2n) is 8.53. The minimum absolute atomic E-state index is 0.131. The molecule has 0 unspecified atom stereocenters. The summed E-state index contributed by atoms with van der Waals surface area (Å²) in [7, 11) is 0. The Labute approximate surface area is 177 Å². The number of amides is 2. The number of carbonyl (C=O) groups excluding carboxylic acids is 2. The summed E-state index contributed by atoms with van der Waals surface area (Å²) in [5.74, 6) is 2.47. The highest BCUT2D eigenvalue weighted by molar-refractivity contribution is 5.77. The Kier molecular flexibility index (Phi) is 6.45. The fourth-order valence-corrected chi connectivity index (χ4v) is 4.37. The van der Waals surface area contributed by atoms with Crippen LogP contribution in [0.15, 0.2) is 34.9 Å². The molecule has 0 atom stereocenters. The van der Waals surface area contributed by atoms with Crippen molar-refractivity contribution in [2.24, 2.45) is 5.92 Å². The number of rotatable bonds is 7. The van der Waals surface area contributed by atoms with Gasteiger partial charge in [0.25, 0.3) is 0 Å². The van der Waals surface area contributed by atoms with Gasteiger partial charge in [-0.25, -0.2) is 0 Å². The summed E-state index contributed by atoms with van der Waals surface area (Å²) in [6.07, 6.45) is 4.93. The second-order valence-corrected chi connectivity index (χ2v) is 8.53. The van der Waals surface area contributed by atoms with Crippen molar-refractivity contribution >= 4 is 11.8 Å². The van der Waals surface area contributed by atoms with Gasteiger partial charge in [-0.3, -0.25) is 9.59 Å². The third kappa shape index (κ3) is 5.07. The highest BCUT2D eigenvalue weighted by Crippen LogP contribution is 2.27. The largest absolute Gasteiger partial charge is 0.343 e. The molecule has 3 heterocycles. The lowest BCUT2D eigenvalue weighted by atomic mass is 9.95. The molecule has 1 aromatic heterocycles. The first-order valence-electron chi connectivity index (χ1n) is 11.0. The summed E-state index contributed by atoms with van der Waals surface area (Å²) < 4.78 is 5.46. The molecule has 2 fully saturated rings. The average Bonchev–Trinajstić information content (AvgIpc) is 3.20. The SMILES string of the molecule is CC(=O)N1CCC(c2noc(CC3CN(C(=O)CCCc4ccccc4)C3)n2)CC1. The van der Waals surface area contributed by atoms with E-state index in [0.29, 0.717) is 18.2 Å². The first kappa shape index (κ1) is 20.6. The highest BCUT2D eigenvalue weighted by Gasteiger charge is 2.32. The molecule has 2 aromatic rings. The highest BCUT2D eigenvalue weighted by atomic mass is 16.5. The molecule has 0 aliphatic carbocycles. The van der Waals surface area contributed by atoms with Gasteiger partial charge in [-0.1, -0.05) is 35.5 Å². The standard InChI is InChI=1S/C23H30N4O3/c1-17(28)26-12-10-20(11-13-26)23-24-21(30-25-23)14-19-15-27(16-19)22(29)9-5-8-18-6-3-2-4-7-18/h2-4,6-7,19-20H,5,8-16H2,1H3. The molecule has 2 aliphatic rings. The van der Waals surface area contributed by atoms with E-state index in [0.717, 1.165) is 64.1 Å². The van der Waals surface area contributed by atoms with Gasteiger partial charge in [-0.2, -0.15) is 4.98 Å². The summed E-state index contributed by atoms with van der Waals surface area (Å²) in [5, 5.41) is 4.17. The van der Waals surface area contributed by atoms with Crippen LogP contribution >= 0.6 is 0 Å². The minimum Gasteiger partial charge on any atom is -0.343 e. The van der Waals surface area contributed by atoms with E-state index in [1.807, 2.05) is 28.0 Å². The lowest BCUT2D eigenvalue weighted by Crippen LogP contribution is -2.50. The number of carbonyl (C=O) groups is 2. The van der Waals surface area contributed by atoms with E-state index in [4.69, 9.17) is 4.52 Å². The van der Waals surface area contributed by atoms with Crippen LogP contribution in [0.3, 0.4) is 0 Å². The number of hydrogen-bond acceptors (Lipinski definition) is 5. The van der Waals surface area contributed by atoms with E-state index in [9.17, 15) is 9.59 Å². The van der Waals surface area contributed by atoms with Crippen molar-refractivity contribution in [2.45, 2.75) is 51.4 Å². The molecule has 7 heteroatoms. The first-order valence-corrected chi connectivity index (χ1v) is 11.0. The van der Waals surface area contributed by atoms with Gasteiger partial charge in [0.05, 0.1) is 0 Å². The van der Waals surface area contributed by atoms with Gasteiger partial charge in [0.2, 0.25) is 17.7 Å². The van der Waals surface area contributed by atoms with Crippen LogP contribution in [0.4, 0.5) is 0 Å². The predicted octanol–water partition coefficient (Wildman–Crippen LogP) is 2.82. The molecule has 0 saturated carbocycles. The van der Waals surface area contributed by atoms with Crippen molar-refractivity contribution in [2.75, 3.05) is 26.2 Å². The number of nitrogens with zero attached hydrogens (tertiary/aromatic N) is 4. The topological polar surface area (TPSA) is 79.5 Å². The van der Waals surface area contributed by atoms with Crippen LogP contribution in [0.25, 0.3) is 0 Å². The van der Waals surface area contributed by atoms with Gasteiger partial charge in [0.1, 0.15) is 0 Å². The maximum Gasteiger partial charge on any atom is 0.227 e. The predicted molar refractivity (Wildman–Crippen MR) is 112 cm³/mol. The molecule has 0 N–H and O–H groups in total. The van der Waals surface area contributed by atoms with E-state index >= 15 is 0 Å². The first-order chi connectivity index (χ1) is 14.6. The Morgan fingerprint density at radius 2 is 1.83 bits per heavy atom. The van der Waals surface area contributed by atoms with Gasteiger partial charge in [0, 0.05) is 57.8 Å².